The lowest BCUT2D eigenvalue weighted by Crippen LogP contribution is -2.03. The molecule has 0 amide bonds. The number of aromatic nitrogens is 3. The summed E-state index contributed by atoms with van der Waals surface area (Å²) in [6, 6.07) is 45.6. The Balaban J connectivity index is 1.41. The molecule has 0 bridgehead atoms. The second-order valence-electron chi connectivity index (χ2n) is 11.0. The van der Waals surface area contributed by atoms with Crippen molar-refractivity contribution < 1.29 is 0 Å². The Morgan fingerprint density at radius 3 is 2.05 bits per heavy atom. The fraction of sp³-hybridized carbons (Fsp3) is 0. The fourth-order valence-corrected chi connectivity index (χ4v) is 9.09. The van der Waals surface area contributed by atoms with Crippen molar-refractivity contribution in [3.05, 3.63) is 127 Å². The van der Waals surface area contributed by atoms with Crippen LogP contribution < -0.4 is 0 Å². The first-order chi connectivity index (χ1) is 21.3. The number of thiophene rings is 2. The quantitative estimate of drug-likeness (QED) is 0.203. The molecule has 0 fully saturated rings. The molecule has 4 heterocycles. The van der Waals surface area contributed by atoms with Crippen molar-refractivity contribution in [3.8, 4) is 17.2 Å². The SMILES string of the molecule is c1ccc2c(-c3nc(-n4c5ccccc5c5ccc6c7ccccc7sc6c54)nc4sc5ccccc5c34)cccc2c1. The average molecular weight is 584 g/mol. The Morgan fingerprint density at radius 1 is 0.488 bits per heavy atom. The summed E-state index contributed by atoms with van der Waals surface area (Å²) < 4.78 is 6.08. The van der Waals surface area contributed by atoms with Gasteiger partial charge in [0.25, 0.3) is 0 Å². The smallest absolute Gasteiger partial charge is 0.236 e. The number of hydrogen-bond acceptors (Lipinski definition) is 4. The summed E-state index contributed by atoms with van der Waals surface area (Å²) >= 11 is 3.60. The predicted molar refractivity (Wildman–Crippen MR) is 185 cm³/mol. The molecule has 0 atom stereocenters. The zero-order valence-electron chi connectivity index (χ0n) is 22.8. The van der Waals surface area contributed by atoms with Gasteiger partial charge in [-0.15, -0.1) is 22.7 Å². The maximum atomic E-state index is 5.51. The number of rotatable bonds is 2. The normalized spacial score (nSPS) is 12.2. The van der Waals surface area contributed by atoms with Crippen LogP contribution in [0.1, 0.15) is 0 Å². The minimum absolute atomic E-state index is 0.707. The Bertz CT molecular complexity index is 2740. The van der Waals surface area contributed by atoms with Gasteiger partial charge >= 0.3 is 0 Å². The van der Waals surface area contributed by atoms with E-state index in [2.05, 4.69) is 132 Å². The minimum Gasteiger partial charge on any atom is -0.276 e. The van der Waals surface area contributed by atoms with E-state index in [0.29, 0.717) is 5.95 Å². The van der Waals surface area contributed by atoms with Crippen LogP contribution >= 0.6 is 22.7 Å². The van der Waals surface area contributed by atoms with Gasteiger partial charge in [0.2, 0.25) is 5.95 Å². The van der Waals surface area contributed by atoms with E-state index in [0.717, 1.165) is 27.0 Å². The summed E-state index contributed by atoms with van der Waals surface area (Å²) in [5.41, 5.74) is 4.39. The molecule has 4 aromatic heterocycles. The van der Waals surface area contributed by atoms with E-state index in [9.17, 15) is 0 Å². The molecule has 0 aliphatic rings. The van der Waals surface area contributed by atoms with E-state index in [1.165, 1.54) is 57.3 Å². The average Bonchev–Trinajstić information content (AvgIpc) is 3.73. The van der Waals surface area contributed by atoms with Crippen LogP contribution in [0.2, 0.25) is 0 Å². The lowest BCUT2D eigenvalue weighted by Gasteiger charge is -2.12. The first kappa shape index (κ1) is 23.5. The van der Waals surface area contributed by atoms with Gasteiger partial charge in [0.05, 0.1) is 21.4 Å². The van der Waals surface area contributed by atoms with Gasteiger partial charge in [-0.2, -0.15) is 0 Å². The van der Waals surface area contributed by atoms with E-state index in [-0.39, 0.29) is 0 Å². The van der Waals surface area contributed by atoms with Gasteiger partial charge in [0.15, 0.2) is 0 Å². The molecule has 10 aromatic rings. The number of para-hydroxylation sites is 1. The molecule has 0 saturated carbocycles. The monoisotopic (exact) mass is 583 g/mol. The van der Waals surface area contributed by atoms with Crippen LogP contribution in [0.5, 0.6) is 0 Å². The van der Waals surface area contributed by atoms with Crippen molar-refractivity contribution in [3.63, 3.8) is 0 Å². The molecule has 6 aromatic carbocycles. The molecule has 0 aliphatic carbocycles. The van der Waals surface area contributed by atoms with Crippen molar-refractivity contribution in [1.82, 2.24) is 14.5 Å². The summed E-state index contributed by atoms with van der Waals surface area (Å²) in [5.74, 6) is 0.707. The number of benzene rings is 6. The molecular formula is C38H21N3S2. The van der Waals surface area contributed by atoms with Gasteiger partial charge in [0, 0.05) is 47.3 Å². The first-order valence-corrected chi connectivity index (χ1v) is 16.0. The lowest BCUT2D eigenvalue weighted by molar-refractivity contribution is 1.02. The Morgan fingerprint density at radius 2 is 1.16 bits per heavy atom. The zero-order chi connectivity index (χ0) is 28.1. The molecular weight excluding hydrogens is 563 g/mol. The van der Waals surface area contributed by atoms with Crippen LogP contribution in [0, 0.1) is 0 Å². The number of nitrogens with zero attached hydrogens (tertiary/aromatic N) is 3. The molecule has 0 aliphatic heterocycles. The second kappa shape index (κ2) is 8.71. The molecule has 200 valence electrons. The highest BCUT2D eigenvalue weighted by molar-refractivity contribution is 7.26. The van der Waals surface area contributed by atoms with Crippen molar-refractivity contribution >= 4 is 95.7 Å². The highest BCUT2D eigenvalue weighted by atomic mass is 32.1. The van der Waals surface area contributed by atoms with E-state index < -0.39 is 0 Å². The Kier molecular flexibility index (Phi) is 4.75. The van der Waals surface area contributed by atoms with E-state index in [1.807, 2.05) is 11.3 Å². The molecule has 0 radical (unpaired) electrons. The molecule has 0 N–H and O–H groups in total. The molecule has 43 heavy (non-hydrogen) atoms. The van der Waals surface area contributed by atoms with Crippen LogP contribution in [0.15, 0.2) is 127 Å². The molecule has 0 saturated heterocycles. The predicted octanol–water partition coefficient (Wildman–Crippen LogP) is 11.1. The first-order valence-electron chi connectivity index (χ1n) is 14.3. The maximum Gasteiger partial charge on any atom is 0.236 e. The third-order valence-electron chi connectivity index (χ3n) is 8.65. The molecule has 0 unspecified atom stereocenters. The Labute approximate surface area is 253 Å². The standard InChI is InChI=1S/C38H21N3S2/c1-2-12-23-22(10-1)11-9-16-26(23)34-33-29-15-5-8-19-32(29)43-37(33)40-38(39-34)41-30-17-6-3-13-24(30)27-20-21-28-25-14-4-7-18-31(25)42-36(28)35(27)41/h1-21H. The van der Waals surface area contributed by atoms with Gasteiger partial charge in [-0.3, -0.25) is 4.57 Å². The highest BCUT2D eigenvalue weighted by Gasteiger charge is 2.22. The summed E-state index contributed by atoms with van der Waals surface area (Å²) in [6.45, 7) is 0. The second-order valence-corrected chi connectivity index (χ2v) is 13.0. The maximum absolute atomic E-state index is 5.51. The van der Waals surface area contributed by atoms with Crippen molar-refractivity contribution in [2.24, 2.45) is 0 Å². The third-order valence-corrected chi connectivity index (χ3v) is 10.9. The van der Waals surface area contributed by atoms with Crippen LogP contribution in [0.4, 0.5) is 0 Å². The minimum atomic E-state index is 0.707. The summed E-state index contributed by atoms with van der Waals surface area (Å²) in [4.78, 5) is 11.9. The highest BCUT2D eigenvalue weighted by Crippen LogP contribution is 2.44. The van der Waals surface area contributed by atoms with Crippen molar-refractivity contribution in [1.29, 1.82) is 0 Å². The molecule has 0 spiro atoms. The van der Waals surface area contributed by atoms with Gasteiger partial charge in [-0.25, -0.2) is 9.97 Å². The van der Waals surface area contributed by atoms with Crippen LogP contribution in [0.3, 0.4) is 0 Å². The largest absolute Gasteiger partial charge is 0.276 e. The third kappa shape index (κ3) is 3.23. The molecule has 3 nitrogen and oxygen atoms in total. The van der Waals surface area contributed by atoms with Gasteiger partial charge in [-0.05, 0) is 29.0 Å². The topological polar surface area (TPSA) is 30.7 Å². The van der Waals surface area contributed by atoms with Gasteiger partial charge in [-0.1, -0.05) is 109 Å². The lowest BCUT2D eigenvalue weighted by atomic mass is 9.99. The zero-order valence-corrected chi connectivity index (χ0v) is 24.4. The van der Waals surface area contributed by atoms with E-state index in [4.69, 9.17) is 9.97 Å². The molecule has 10 rings (SSSR count). The fourth-order valence-electron chi connectivity index (χ4n) is 6.78. The summed E-state index contributed by atoms with van der Waals surface area (Å²) in [7, 11) is 0. The number of hydrogen-bond donors (Lipinski definition) is 0. The summed E-state index contributed by atoms with van der Waals surface area (Å²) in [6.07, 6.45) is 0. The van der Waals surface area contributed by atoms with Crippen LogP contribution in [-0.4, -0.2) is 14.5 Å². The van der Waals surface area contributed by atoms with E-state index >= 15 is 0 Å². The van der Waals surface area contributed by atoms with Crippen LogP contribution in [0.25, 0.3) is 90.3 Å². The van der Waals surface area contributed by atoms with Crippen molar-refractivity contribution in [2.45, 2.75) is 0 Å². The van der Waals surface area contributed by atoms with Crippen molar-refractivity contribution in [2.75, 3.05) is 0 Å². The van der Waals surface area contributed by atoms with Gasteiger partial charge < -0.3 is 0 Å². The van der Waals surface area contributed by atoms with Gasteiger partial charge in [0.1, 0.15) is 4.83 Å². The Hall–Kier alpha value is -5.10. The van der Waals surface area contributed by atoms with E-state index in [1.54, 1.807) is 11.3 Å². The number of fused-ring (bicyclic) bond motifs is 11. The molecule has 5 heteroatoms. The van der Waals surface area contributed by atoms with Crippen LogP contribution in [-0.2, 0) is 0 Å². The summed E-state index contributed by atoms with van der Waals surface area (Å²) in [5, 5.41) is 9.72.